The number of nitrogens with one attached hydrogen (secondary N) is 1. The number of hydrogen-bond donors (Lipinski definition) is 1. The Bertz CT molecular complexity index is 426. The van der Waals surface area contributed by atoms with Crippen molar-refractivity contribution in [1.82, 2.24) is 5.32 Å². The van der Waals surface area contributed by atoms with Crippen LogP contribution in [0.2, 0.25) is 0 Å². The highest BCUT2D eigenvalue weighted by Gasteiger charge is 2.15. The third kappa shape index (κ3) is 3.35. The molecular weight excluding hydrogens is 202 g/mol. The minimum Gasteiger partial charge on any atom is -0.289 e. The molecule has 0 aliphatic carbocycles. The summed E-state index contributed by atoms with van der Waals surface area (Å²) in [4.78, 5) is 20.6. The van der Waals surface area contributed by atoms with Gasteiger partial charge in [-0.15, -0.1) is 0 Å². The topological polar surface area (TPSA) is 46.2 Å². The zero-order chi connectivity index (χ0) is 12.1. The smallest absolute Gasteiger partial charge is 0.253 e. The average molecular weight is 217 g/mol. The van der Waals surface area contributed by atoms with E-state index in [1.807, 2.05) is 0 Å². The summed E-state index contributed by atoms with van der Waals surface area (Å²) in [7, 11) is 0. The van der Waals surface area contributed by atoms with E-state index in [2.05, 4.69) is 43.4 Å². The summed E-state index contributed by atoms with van der Waals surface area (Å²) in [6, 6.07) is 8.36. The molecule has 1 heterocycles. The maximum atomic E-state index is 10.4. The Morgan fingerprint density at radius 1 is 0.938 bits per heavy atom. The summed E-state index contributed by atoms with van der Waals surface area (Å²) >= 11 is 0. The molecule has 1 aliphatic heterocycles. The van der Waals surface area contributed by atoms with Gasteiger partial charge in [0.2, 0.25) is 0 Å². The first-order valence-corrected chi connectivity index (χ1v) is 5.06. The Morgan fingerprint density at radius 3 is 1.62 bits per heavy atom. The van der Waals surface area contributed by atoms with Gasteiger partial charge in [-0.1, -0.05) is 24.3 Å². The number of carbonyl (C=O) groups excluding carboxylic acids is 2. The summed E-state index contributed by atoms with van der Waals surface area (Å²) in [5, 5.41) is 2.10. The van der Waals surface area contributed by atoms with Gasteiger partial charge in [-0.2, -0.15) is 0 Å². The molecule has 16 heavy (non-hydrogen) atoms. The van der Waals surface area contributed by atoms with Crippen molar-refractivity contribution in [3.8, 4) is 0 Å². The molecule has 3 heteroatoms. The maximum absolute atomic E-state index is 10.4. The van der Waals surface area contributed by atoms with Gasteiger partial charge < -0.3 is 0 Å². The molecule has 1 N–H and O–H groups in total. The fourth-order valence-corrected chi connectivity index (χ4v) is 1.17. The molecule has 1 aromatic rings. The molecule has 0 spiro atoms. The second-order valence-corrected chi connectivity index (χ2v) is 3.73. The fourth-order valence-electron chi connectivity index (χ4n) is 1.17. The number of carbonyl (C=O) groups is 2. The van der Waals surface area contributed by atoms with Gasteiger partial charge in [0.15, 0.2) is 0 Å². The van der Waals surface area contributed by atoms with E-state index in [0.29, 0.717) is 5.57 Å². The molecule has 0 aromatic heterocycles. The van der Waals surface area contributed by atoms with Crippen LogP contribution < -0.4 is 5.32 Å². The van der Waals surface area contributed by atoms with Gasteiger partial charge in [0.25, 0.3) is 11.8 Å². The van der Waals surface area contributed by atoms with Crippen molar-refractivity contribution >= 4 is 11.8 Å². The molecule has 0 bridgehead atoms. The largest absolute Gasteiger partial charge is 0.289 e. The Morgan fingerprint density at radius 2 is 1.44 bits per heavy atom. The van der Waals surface area contributed by atoms with Crippen LogP contribution in [-0.4, -0.2) is 11.8 Å². The van der Waals surface area contributed by atoms with Gasteiger partial charge in [0, 0.05) is 11.6 Å². The quantitative estimate of drug-likeness (QED) is 0.674. The van der Waals surface area contributed by atoms with E-state index in [1.54, 1.807) is 6.92 Å². The Kier molecular flexibility index (Phi) is 4.00. The van der Waals surface area contributed by atoms with Crippen molar-refractivity contribution in [1.29, 1.82) is 0 Å². The first-order valence-electron chi connectivity index (χ1n) is 5.06. The van der Waals surface area contributed by atoms with Crippen LogP contribution in [0.3, 0.4) is 0 Å². The van der Waals surface area contributed by atoms with Crippen LogP contribution >= 0.6 is 0 Å². The summed E-state index contributed by atoms with van der Waals surface area (Å²) in [5.74, 6) is -0.595. The van der Waals surface area contributed by atoms with E-state index in [0.717, 1.165) is 0 Å². The second kappa shape index (κ2) is 5.26. The molecule has 2 rings (SSSR count). The van der Waals surface area contributed by atoms with E-state index in [1.165, 1.54) is 17.2 Å². The minimum atomic E-state index is -0.312. The molecule has 0 unspecified atom stereocenters. The van der Waals surface area contributed by atoms with Gasteiger partial charge >= 0.3 is 0 Å². The summed E-state index contributed by atoms with van der Waals surface area (Å²) in [6.07, 6.45) is 1.28. The van der Waals surface area contributed by atoms with Crippen molar-refractivity contribution in [2.24, 2.45) is 0 Å². The molecule has 3 nitrogen and oxygen atoms in total. The van der Waals surface area contributed by atoms with Crippen molar-refractivity contribution in [3.63, 3.8) is 0 Å². The maximum Gasteiger partial charge on any atom is 0.253 e. The average Bonchev–Trinajstić information content (AvgIpc) is 2.50. The number of amides is 2. The highest BCUT2D eigenvalue weighted by Crippen LogP contribution is 2.02. The molecule has 0 saturated carbocycles. The lowest BCUT2D eigenvalue weighted by atomic mass is 10.1. The molecule has 0 atom stereocenters. The molecule has 2 amide bonds. The highest BCUT2D eigenvalue weighted by molar-refractivity contribution is 6.15. The lowest BCUT2D eigenvalue weighted by Gasteiger charge is -1.93. The summed E-state index contributed by atoms with van der Waals surface area (Å²) in [6.45, 7) is 5.84. The van der Waals surface area contributed by atoms with Crippen molar-refractivity contribution in [2.45, 2.75) is 20.8 Å². The third-order valence-electron chi connectivity index (χ3n) is 2.37. The van der Waals surface area contributed by atoms with Crippen LogP contribution in [0.25, 0.3) is 0 Å². The third-order valence-corrected chi connectivity index (χ3v) is 2.37. The Balaban J connectivity index is 0.000000160. The monoisotopic (exact) mass is 217 g/mol. The van der Waals surface area contributed by atoms with Crippen LogP contribution in [0.15, 0.2) is 35.9 Å². The zero-order valence-corrected chi connectivity index (χ0v) is 9.70. The van der Waals surface area contributed by atoms with E-state index >= 15 is 0 Å². The number of hydrogen-bond acceptors (Lipinski definition) is 2. The second-order valence-electron chi connectivity index (χ2n) is 3.73. The van der Waals surface area contributed by atoms with Crippen LogP contribution in [-0.2, 0) is 9.59 Å². The predicted octanol–water partition coefficient (Wildman–Crippen LogP) is 1.89. The van der Waals surface area contributed by atoms with Crippen molar-refractivity contribution < 1.29 is 9.59 Å². The summed E-state index contributed by atoms with van der Waals surface area (Å²) in [5.41, 5.74) is 3.22. The van der Waals surface area contributed by atoms with Crippen molar-refractivity contribution in [2.75, 3.05) is 0 Å². The first-order chi connectivity index (χ1) is 7.50. The van der Waals surface area contributed by atoms with Crippen molar-refractivity contribution in [3.05, 3.63) is 47.0 Å². The first kappa shape index (κ1) is 12.2. The number of rotatable bonds is 0. The van der Waals surface area contributed by atoms with Gasteiger partial charge in [-0.05, 0) is 31.9 Å². The standard InChI is InChI=1S/C8H10.C5H5NO2/c1-7-5-3-4-6-8(7)2;1-3-2-4(7)6-5(3)8/h3-6H,1-2H3;2H,1H3,(H,6,7,8). The van der Waals surface area contributed by atoms with E-state index < -0.39 is 0 Å². The molecule has 0 radical (unpaired) electrons. The normalized spacial score (nSPS) is 13.8. The van der Waals surface area contributed by atoms with E-state index in [-0.39, 0.29) is 11.8 Å². The van der Waals surface area contributed by atoms with Crippen LogP contribution in [0.1, 0.15) is 18.1 Å². The lowest BCUT2D eigenvalue weighted by Crippen LogP contribution is -2.21. The fraction of sp³-hybridized carbons (Fsp3) is 0.231. The molecule has 0 fully saturated rings. The molecular formula is C13H15NO2. The zero-order valence-electron chi connectivity index (χ0n) is 9.70. The van der Waals surface area contributed by atoms with E-state index in [9.17, 15) is 9.59 Å². The minimum absolute atomic E-state index is 0.282. The Labute approximate surface area is 95.2 Å². The van der Waals surface area contributed by atoms with Crippen LogP contribution in [0, 0.1) is 13.8 Å². The Hall–Kier alpha value is -1.90. The van der Waals surface area contributed by atoms with Gasteiger partial charge in [-0.3, -0.25) is 14.9 Å². The van der Waals surface area contributed by atoms with Crippen LogP contribution in [0.5, 0.6) is 0 Å². The predicted molar refractivity (Wildman–Crippen MR) is 62.8 cm³/mol. The van der Waals surface area contributed by atoms with Gasteiger partial charge in [0.1, 0.15) is 0 Å². The molecule has 1 aliphatic rings. The number of imide groups is 1. The number of aryl methyl sites for hydroxylation is 2. The summed E-state index contributed by atoms with van der Waals surface area (Å²) < 4.78 is 0. The lowest BCUT2D eigenvalue weighted by molar-refractivity contribution is -0.123. The molecule has 1 aromatic carbocycles. The highest BCUT2D eigenvalue weighted by atomic mass is 16.2. The molecule has 0 saturated heterocycles. The SMILES string of the molecule is CC1=CC(=O)NC1=O.Cc1ccccc1C. The number of benzene rings is 1. The van der Waals surface area contributed by atoms with Crippen LogP contribution in [0.4, 0.5) is 0 Å². The van der Waals surface area contributed by atoms with Gasteiger partial charge in [-0.25, -0.2) is 0 Å². The van der Waals surface area contributed by atoms with E-state index in [4.69, 9.17) is 0 Å². The molecule has 84 valence electrons. The van der Waals surface area contributed by atoms with Gasteiger partial charge in [0.05, 0.1) is 0 Å².